The van der Waals surface area contributed by atoms with E-state index < -0.39 is 10.0 Å². The van der Waals surface area contributed by atoms with E-state index in [1.807, 2.05) is 42.5 Å². The number of aryl methyl sites for hydroxylation is 2. The summed E-state index contributed by atoms with van der Waals surface area (Å²) in [6, 6.07) is 24.5. The summed E-state index contributed by atoms with van der Waals surface area (Å²) >= 11 is 0. The third-order valence-electron chi connectivity index (χ3n) is 5.89. The van der Waals surface area contributed by atoms with Gasteiger partial charge in [0.2, 0.25) is 15.9 Å². The van der Waals surface area contributed by atoms with E-state index in [0.717, 1.165) is 30.4 Å². The molecule has 1 aliphatic rings. The number of amides is 1. The van der Waals surface area contributed by atoms with Gasteiger partial charge in [0.15, 0.2) is 0 Å². The highest BCUT2D eigenvalue weighted by molar-refractivity contribution is 7.89. The van der Waals surface area contributed by atoms with Gasteiger partial charge in [-0.3, -0.25) is 4.79 Å². The van der Waals surface area contributed by atoms with Crippen LogP contribution < -0.4 is 10.0 Å². The Bertz CT molecular complexity index is 1160. The van der Waals surface area contributed by atoms with Crippen LogP contribution >= 0.6 is 0 Å². The second-order valence-corrected chi connectivity index (χ2v) is 9.93. The molecule has 0 spiro atoms. The van der Waals surface area contributed by atoms with E-state index in [9.17, 15) is 13.2 Å². The van der Waals surface area contributed by atoms with Crippen molar-refractivity contribution in [3.63, 3.8) is 0 Å². The maximum absolute atomic E-state index is 12.5. The first kappa shape index (κ1) is 22.2. The van der Waals surface area contributed by atoms with Crippen LogP contribution in [-0.4, -0.2) is 14.3 Å². The Balaban J connectivity index is 1.30. The molecule has 0 aliphatic heterocycles. The minimum atomic E-state index is -3.58. The standard InChI is InChI=1S/C26H28N2O3S/c29-26(28-25-12-6-10-22-9-4-5-11-24(22)25)18-15-20-13-16-23(17-14-20)32(30,31)27-19-21-7-2-1-3-8-21/h1-5,7-9,11,13-14,16-17,25,27H,6,10,12,15,18-19H2,(H,28,29)/t25-/m0/s1. The van der Waals surface area contributed by atoms with Crippen molar-refractivity contribution in [3.05, 3.63) is 101 Å². The van der Waals surface area contributed by atoms with Crippen molar-refractivity contribution >= 4 is 15.9 Å². The highest BCUT2D eigenvalue weighted by Crippen LogP contribution is 2.29. The molecule has 1 atom stereocenters. The monoisotopic (exact) mass is 448 g/mol. The lowest BCUT2D eigenvalue weighted by molar-refractivity contribution is -0.121. The van der Waals surface area contributed by atoms with E-state index in [-0.39, 0.29) is 23.4 Å². The number of carbonyl (C=O) groups is 1. The molecule has 4 rings (SSSR count). The van der Waals surface area contributed by atoms with Gasteiger partial charge in [-0.1, -0.05) is 66.7 Å². The summed E-state index contributed by atoms with van der Waals surface area (Å²) in [6.07, 6.45) is 4.05. The van der Waals surface area contributed by atoms with E-state index in [0.29, 0.717) is 12.8 Å². The van der Waals surface area contributed by atoms with Crippen LogP contribution in [0.15, 0.2) is 83.8 Å². The van der Waals surface area contributed by atoms with Crippen LogP contribution in [0.1, 0.15) is 47.6 Å². The van der Waals surface area contributed by atoms with Crippen LogP contribution in [-0.2, 0) is 34.2 Å². The molecule has 1 amide bonds. The summed E-state index contributed by atoms with van der Waals surface area (Å²) in [5.74, 6) is 0.0212. The molecule has 0 fully saturated rings. The van der Waals surface area contributed by atoms with Crippen molar-refractivity contribution in [2.24, 2.45) is 0 Å². The van der Waals surface area contributed by atoms with Crippen molar-refractivity contribution in [1.82, 2.24) is 10.0 Å². The predicted octanol–water partition coefficient (Wildman–Crippen LogP) is 4.29. The Morgan fingerprint density at radius 1 is 0.875 bits per heavy atom. The molecular formula is C26H28N2O3S. The van der Waals surface area contributed by atoms with E-state index in [1.54, 1.807) is 24.3 Å². The first-order valence-corrected chi connectivity index (χ1v) is 12.5. The quantitative estimate of drug-likeness (QED) is 0.540. The Kier molecular flexibility index (Phi) is 7.02. The highest BCUT2D eigenvalue weighted by Gasteiger charge is 2.21. The van der Waals surface area contributed by atoms with Gasteiger partial charge in [-0.15, -0.1) is 0 Å². The summed E-state index contributed by atoms with van der Waals surface area (Å²) in [5, 5.41) is 3.17. The van der Waals surface area contributed by atoms with Gasteiger partial charge >= 0.3 is 0 Å². The van der Waals surface area contributed by atoms with Gasteiger partial charge in [0, 0.05) is 13.0 Å². The van der Waals surface area contributed by atoms with E-state index in [4.69, 9.17) is 0 Å². The fourth-order valence-corrected chi connectivity index (χ4v) is 5.14. The van der Waals surface area contributed by atoms with E-state index in [1.165, 1.54) is 11.1 Å². The van der Waals surface area contributed by atoms with Gasteiger partial charge in [-0.25, -0.2) is 13.1 Å². The molecule has 32 heavy (non-hydrogen) atoms. The van der Waals surface area contributed by atoms with Crippen molar-refractivity contribution in [2.75, 3.05) is 0 Å². The normalized spacial score (nSPS) is 15.7. The molecule has 0 saturated carbocycles. The van der Waals surface area contributed by atoms with Gasteiger partial charge < -0.3 is 5.32 Å². The summed E-state index contributed by atoms with van der Waals surface area (Å²) in [6.45, 7) is 0.245. The molecule has 2 N–H and O–H groups in total. The molecule has 6 heteroatoms. The van der Waals surface area contributed by atoms with E-state index in [2.05, 4.69) is 22.2 Å². The van der Waals surface area contributed by atoms with Crippen molar-refractivity contribution in [3.8, 4) is 0 Å². The molecular weight excluding hydrogens is 420 g/mol. The van der Waals surface area contributed by atoms with Crippen molar-refractivity contribution in [2.45, 2.75) is 49.6 Å². The van der Waals surface area contributed by atoms with Gasteiger partial charge in [-0.05, 0) is 60.1 Å². The van der Waals surface area contributed by atoms with Crippen LogP contribution in [0.5, 0.6) is 0 Å². The lowest BCUT2D eigenvalue weighted by Crippen LogP contribution is -2.31. The number of carbonyl (C=O) groups excluding carboxylic acids is 1. The lowest BCUT2D eigenvalue weighted by atomic mass is 9.87. The molecule has 3 aromatic rings. The van der Waals surface area contributed by atoms with Gasteiger partial charge in [-0.2, -0.15) is 0 Å². The fraction of sp³-hybridized carbons (Fsp3) is 0.269. The molecule has 0 heterocycles. The molecule has 0 radical (unpaired) electrons. The second-order valence-electron chi connectivity index (χ2n) is 8.17. The summed E-state index contributed by atoms with van der Waals surface area (Å²) in [4.78, 5) is 12.7. The van der Waals surface area contributed by atoms with Crippen LogP contribution in [0.2, 0.25) is 0 Å². The first-order chi connectivity index (χ1) is 15.5. The van der Waals surface area contributed by atoms with Crippen LogP contribution in [0.4, 0.5) is 0 Å². The zero-order valence-electron chi connectivity index (χ0n) is 18.0. The average Bonchev–Trinajstić information content (AvgIpc) is 2.83. The van der Waals surface area contributed by atoms with Gasteiger partial charge in [0.1, 0.15) is 0 Å². The first-order valence-electron chi connectivity index (χ1n) is 11.0. The molecule has 3 aromatic carbocycles. The number of fused-ring (bicyclic) bond motifs is 1. The number of sulfonamides is 1. The molecule has 1 aliphatic carbocycles. The van der Waals surface area contributed by atoms with E-state index >= 15 is 0 Å². The molecule has 0 aromatic heterocycles. The van der Waals surface area contributed by atoms with Crippen LogP contribution in [0, 0.1) is 0 Å². The fourth-order valence-electron chi connectivity index (χ4n) is 4.12. The van der Waals surface area contributed by atoms with Crippen LogP contribution in [0.25, 0.3) is 0 Å². The summed E-state index contributed by atoms with van der Waals surface area (Å²) < 4.78 is 27.7. The van der Waals surface area contributed by atoms with Gasteiger partial charge in [0.25, 0.3) is 0 Å². The minimum absolute atomic E-state index is 0.0212. The SMILES string of the molecule is O=C(CCc1ccc(S(=O)(=O)NCc2ccccc2)cc1)N[C@H]1CCCc2ccccc21. The predicted molar refractivity (Wildman–Crippen MR) is 125 cm³/mol. The molecule has 5 nitrogen and oxygen atoms in total. The Labute approximate surface area is 189 Å². The van der Waals surface area contributed by atoms with Crippen molar-refractivity contribution < 1.29 is 13.2 Å². The smallest absolute Gasteiger partial charge is 0.240 e. The molecule has 0 bridgehead atoms. The number of hydrogen-bond donors (Lipinski definition) is 2. The third-order valence-corrected chi connectivity index (χ3v) is 7.31. The molecule has 0 saturated heterocycles. The topological polar surface area (TPSA) is 75.3 Å². The zero-order valence-corrected chi connectivity index (χ0v) is 18.8. The lowest BCUT2D eigenvalue weighted by Gasteiger charge is -2.26. The molecule has 0 unspecified atom stereocenters. The minimum Gasteiger partial charge on any atom is -0.349 e. The maximum atomic E-state index is 12.5. The Morgan fingerprint density at radius 2 is 1.59 bits per heavy atom. The second kappa shape index (κ2) is 10.1. The maximum Gasteiger partial charge on any atom is 0.240 e. The number of nitrogens with one attached hydrogen (secondary N) is 2. The van der Waals surface area contributed by atoms with Crippen LogP contribution in [0.3, 0.4) is 0 Å². The molecule has 166 valence electrons. The zero-order chi connectivity index (χ0) is 22.4. The Morgan fingerprint density at radius 3 is 2.38 bits per heavy atom. The summed E-state index contributed by atoms with van der Waals surface area (Å²) in [7, 11) is -3.58. The number of benzene rings is 3. The largest absolute Gasteiger partial charge is 0.349 e. The summed E-state index contributed by atoms with van der Waals surface area (Å²) in [5.41, 5.74) is 4.39. The van der Waals surface area contributed by atoms with Crippen molar-refractivity contribution in [1.29, 1.82) is 0 Å². The average molecular weight is 449 g/mol. The number of rotatable bonds is 8. The third kappa shape index (κ3) is 5.64. The number of hydrogen-bond acceptors (Lipinski definition) is 3. The Hall–Kier alpha value is -2.96. The van der Waals surface area contributed by atoms with Gasteiger partial charge in [0.05, 0.1) is 10.9 Å². The highest BCUT2D eigenvalue weighted by atomic mass is 32.2.